The molecule has 1 N–H and O–H groups in total. The Morgan fingerprint density at radius 2 is 2.04 bits per heavy atom. The minimum atomic E-state index is -0.204. The molecule has 0 unspecified atom stereocenters. The molecule has 0 aromatic carbocycles. The molecule has 1 fully saturated rings. The zero-order valence-electron chi connectivity index (χ0n) is 16.3. The van der Waals surface area contributed by atoms with Crippen LogP contribution < -0.4 is 5.56 Å². The molecule has 0 bridgehead atoms. The Kier molecular flexibility index (Phi) is 5.82. The molecule has 0 amide bonds. The maximum absolute atomic E-state index is 12.3. The predicted molar refractivity (Wildman–Crippen MR) is 109 cm³/mol. The molecule has 3 aromatic heterocycles. The number of fused-ring (bicyclic) bond motifs is 1. The van der Waals surface area contributed by atoms with Crippen molar-refractivity contribution in [2.45, 2.75) is 51.4 Å². The molecule has 0 spiro atoms. The molecule has 3 aromatic rings. The summed E-state index contributed by atoms with van der Waals surface area (Å²) in [7, 11) is 0. The molecule has 0 aliphatic carbocycles. The third-order valence-corrected chi connectivity index (χ3v) is 6.06. The fraction of sp³-hybridized carbons (Fsp3) is 0.579. The third kappa shape index (κ3) is 4.00. The van der Waals surface area contributed by atoms with E-state index in [9.17, 15) is 4.79 Å². The lowest BCUT2D eigenvalue weighted by atomic mass is 10.1. The Balaban J connectivity index is 1.46. The topological polar surface area (TPSA) is 92.8 Å². The Morgan fingerprint density at radius 1 is 1.25 bits per heavy atom. The fourth-order valence-electron chi connectivity index (χ4n) is 3.64. The molecule has 9 heteroatoms. The van der Waals surface area contributed by atoms with E-state index >= 15 is 0 Å². The minimum absolute atomic E-state index is 0.204. The summed E-state index contributed by atoms with van der Waals surface area (Å²) >= 11 is 1.73. The lowest BCUT2D eigenvalue weighted by molar-refractivity contribution is 0.163. The predicted octanol–water partition coefficient (Wildman–Crippen LogP) is 2.76. The monoisotopic (exact) mass is 402 g/mol. The SMILES string of the molecule is CCSCc1nc2c(nnn2C2CCN(Cc3ccc(CC)o3)CC2)c(=O)[nH]1. The van der Waals surface area contributed by atoms with E-state index in [1.807, 2.05) is 4.68 Å². The number of furan rings is 1. The smallest absolute Gasteiger partial charge is 0.281 e. The first-order valence-corrected chi connectivity index (χ1v) is 11.0. The van der Waals surface area contributed by atoms with Crippen LogP contribution in [0.1, 0.15) is 50.1 Å². The zero-order valence-corrected chi connectivity index (χ0v) is 17.2. The van der Waals surface area contributed by atoms with Crippen molar-refractivity contribution in [3.05, 3.63) is 39.8 Å². The van der Waals surface area contributed by atoms with Crippen molar-refractivity contribution in [2.75, 3.05) is 18.8 Å². The van der Waals surface area contributed by atoms with Crippen molar-refractivity contribution in [1.82, 2.24) is 29.9 Å². The number of nitrogens with one attached hydrogen (secondary N) is 1. The maximum atomic E-state index is 12.3. The highest BCUT2D eigenvalue weighted by molar-refractivity contribution is 7.98. The van der Waals surface area contributed by atoms with Crippen LogP contribution in [0.2, 0.25) is 0 Å². The Labute approximate surface area is 167 Å². The lowest BCUT2D eigenvalue weighted by Crippen LogP contribution is -2.34. The molecule has 4 rings (SSSR count). The molecule has 0 saturated carbocycles. The lowest BCUT2D eigenvalue weighted by Gasteiger charge is -2.31. The quantitative estimate of drug-likeness (QED) is 0.649. The van der Waals surface area contributed by atoms with Crippen molar-refractivity contribution >= 4 is 22.9 Å². The van der Waals surface area contributed by atoms with Gasteiger partial charge in [0.25, 0.3) is 5.56 Å². The number of aromatic amines is 1. The molecule has 150 valence electrons. The summed E-state index contributed by atoms with van der Waals surface area (Å²) in [6, 6.07) is 4.34. The molecular formula is C19H26N6O2S. The molecule has 28 heavy (non-hydrogen) atoms. The Hall–Kier alpha value is -2.13. The first kappa shape index (κ1) is 19.2. The number of piperidine rings is 1. The van der Waals surface area contributed by atoms with Gasteiger partial charge in [0.2, 0.25) is 0 Å². The van der Waals surface area contributed by atoms with Gasteiger partial charge in [-0.1, -0.05) is 19.1 Å². The highest BCUT2D eigenvalue weighted by atomic mass is 32.2. The van der Waals surface area contributed by atoms with Gasteiger partial charge >= 0.3 is 0 Å². The second-order valence-corrected chi connectivity index (χ2v) is 8.36. The summed E-state index contributed by atoms with van der Waals surface area (Å²) < 4.78 is 7.68. The van der Waals surface area contributed by atoms with Crippen molar-refractivity contribution < 1.29 is 4.42 Å². The fourth-order valence-corrected chi connectivity index (χ4v) is 4.17. The summed E-state index contributed by atoms with van der Waals surface area (Å²) in [4.78, 5) is 22.2. The van der Waals surface area contributed by atoms with Crippen molar-refractivity contribution in [3.63, 3.8) is 0 Å². The van der Waals surface area contributed by atoms with Crippen LogP contribution in [-0.2, 0) is 18.7 Å². The number of nitrogens with zero attached hydrogens (tertiary/aromatic N) is 5. The molecule has 1 aliphatic heterocycles. The summed E-state index contributed by atoms with van der Waals surface area (Å²) in [6.07, 6.45) is 2.83. The van der Waals surface area contributed by atoms with E-state index < -0.39 is 0 Å². The Bertz CT molecular complexity index is 986. The van der Waals surface area contributed by atoms with Crippen LogP contribution in [-0.4, -0.2) is 48.7 Å². The van der Waals surface area contributed by atoms with Gasteiger partial charge in [0, 0.05) is 19.5 Å². The van der Waals surface area contributed by atoms with E-state index in [4.69, 9.17) is 4.42 Å². The van der Waals surface area contributed by atoms with Gasteiger partial charge in [0.05, 0.1) is 18.3 Å². The molecule has 8 nitrogen and oxygen atoms in total. The zero-order chi connectivity index (χ0) is 19.5. The van der Waals surface area contributed by atoms with E-state index in [2.05, 4.69) is 51.2 Å². The number of rotatable bonds is 7. The van der Waals surface area contributed by atoms with Gasteiger partial charge < -0.3 is 9.40 Å². The van der Waals surface area contributed by atoms with E-state index in [1.165, 1.54) is 0 Å². The second kappa shape index (κ2) is 8.48. The first-order valence-electron chi connectivity index (χ1n) is 9.89. The van der Waals surface area contributed by atoms with Crippen LogP contribution in [0.25, 0.3) is 11.2 Å². The van der Waals surface area contributed by atoms with Crippen LogP contribution in [0.4, 0.5) is 0 Å². The van der Waals surface area contributed by atoms with Crippen LogP contribution >= 0.6 is 11.8 Å². The van der Waals surface area contributed by atoms with Gasteiger partial charge in [0.1, 0.15) is 17.3 Å². The molecule has 1 saturated heterocycles. The standard InChI is InChI=1S/C19H26N6O2S/c1-3-14-5-6-15(27-14)11-24-9-7-13(8-10-24)25-18-17(22-23-25)19(26)21-16(20-18)12-28-4-2/h5-6,13H,3-4,7-12H2,1-2H3,(H,20,21,26). The van der Waals surface area contributed by atoms with Crippen LogP contribution in [0, 0.1) is 0 Å². The van der Waals surface area contributed by atoms with Crippen molar-refractivity contribution in [2.24, 2.45) is 0 Å². The molecule has 1 aliphatic rings. The van der Waals surface area contributed by atoms with E-state index in [0.717, 1.165) is 56.2 Å². The molecule has 4 heterocycles. The van der Waals surface area contributed by atoms with Gasteiger partial charge in [-0.15, -0.1) is 5.10 Å². The highest BCUT2D eigenvalue weighted by Crippen LogP contribution is 2.25. The summed E-state index contributed by atoms with van der Waals surface area (Å²) in [5.41, 5.74) is 0.729. The molecule has 0 atom stereocenters. The van der Waals surface area contributed by atoms with Gasteiger partial charge in [-0.05, 0) is 30.7 Å². The van der Waals surface area contributed by atoms with Gasteiger partial charge in [0.15, 0.2) is 11.2 Å². The third-order valence-electron chi connectivity index (χ3n) is 5.17. The van der Waals surface area contributed by atoms with Gasteiger partial charge in [-0.2, -0.15) is 11.8 Å². The van der Waals surface area contributed by atoms with E-state index in [-0.39, 0.29) is 11.6 Å². The van der Waals surface area contributed by atoms with E-state index in [0.29, 0.717) is 22.7 Å². The number of aryl methyl sites for hydroxylation is 1. The van der Waals surface area contributed by atoms with Crippen LogP contribution in [0.3, 0.4) is 0 Å². The summed E-state index contributed by atoms with van der Waals surface area (Å²) in [5, 5.41) is 8.35. The number of H-pyrrole nitrogens is 1. The largest absolute Gasteiger partial charge is 0.465 e. The maximum Gasteiger partial charge on any atom is 0.281 e. The van der Waals surface area contributed by atoms with Gasteiger partial charge in [-0.3, -0.25) is 9.69 Å². The first-order chi connectivity index (χ1) is 13.7. The highest BCUT2D eigenvalue weighted by Gasteiger charge is 2.25. The van der Waals surface area contributed by atoms with Crippen molar-refractivity contribution in [1.29, 1.82) is 0 Å². The van der Waals surface area contributed by atoms with Crippen LogP contribution in [0.15, 0.2) is 21.3 Å². The average molecular weight is 403 g/mol. The molecular weight excluding hydrogens is 376 g/mol. The molecule has 0 radical (unpaired) electrons. The summed E-state index contributed by atoms with van der Waals surface area (Å²) in [5.74, 6) is 4.41. The van der Waals surface area contributed by atoms with Crippen molar-refractivity contribution in [3.8, 4) is 0 Å². The number of hydrogen-bond donors (Lipinski definition) is 1. The van der Waals surface area contributed by atoms with Crippen LogP contribution in [0.5, 0.6) is 0 Å². The number of aromatic nitrogens is 5. The average Bonchev–Trinajstić information content (AvgIpc) is 3.34. The number of thioether (sulfide) groups is 1. The summed E-state index contributed by atoms with van der Waals surface area (Å²) in [6.45, 7) is 6.93. The minimum Gasteiger partial charge on any atom is -0.465 e. The van der Waals surface area contributed by atoms with Gasteiger partial charge in [-0.25, -0.2) is 9.67 Å². The van der Waals surface area contributed by atoms with E-state index in [1.54, 1.807) is 11.8 Å². The number of hydrogen-bond acceptors (Lipinski definition) is 7. The second-order valence-electron chi connectivity index (χ2n) is 7.08. The normalized spacial score (nSPS) is 16.2. The Morgan fingerprint density at radius 3 is 2.75 bits per heavy atom. The number of likely N-dealkylation sites (tertiary alicyclic amines) is 1.